The van der Waals surface area contributed by atoms with Crippen LogP contribution in [0.1, 0.15) is 46.5 Å². The van der Waals surface area contributed by atoms with Crippen LogP contribution in [-0.4, -0.2) is 21.6 Å². The Morgan fingerprint density at radius 1 is 1.22 bits per heavy atom. The summed E-state index contributed by atoms with van der Waals surface area (Å²) in [4.78, 5) is 30.0. The highest BCUT2D eigenvalue weighted by molar-refractivity contribution is 7.18. The zero-order valence-corrected chi connectivity index (χ0v) is 16.6. The molecule has 0 saturated heterocycles. The summed E-state index contributed by atoms with van der Waals surface area (Å²) in [6, 6.07) is 10.0. The van der Waals surface area contributed by atoms with E-state index in [1.54, 1.807) is 11.3 Å². The van der Waals surface area contributed by atoms with E-state index in [1.165, 1.54) is 11.9 Å². The number of aryl methyl sites for hydroxylation is 3. The zero-order chi connectivity index (χ0) is 19.3. The van der Waals surface area contributed by atoms with E-state index in [0.717, 1.165) is 31.8 Å². The summed E-state index contributed by atoms with van der Waals surface area (Å²) < 4.78 is 0. The second kappa shape index (κ2) is 6.46. The first-order valence-corrected chi connectivity index (χ1v) is 9.74. The SMILES string of the molecule is CC(=O)N1N=C(c2c(C)c3cc(C)sc3[nH]c2=O)CC1c1ccc(C)cc1. The van der Waals surface area contributed by atoms with Gasteiger partial charge in [0.2, 0.25) is 5.91 Å². The van der Waals surface area contributed by atoms with E-state index in [1.807, 2.05) is 45.0 Å². The van der Waals surface area contributed by atoms with E-state index in [4.69, 9.17) is 0 Å². The van der Waals surface area contributed by atoms with Crippen molar-refractivity contribution in [3.8, 4) is 0 Å². The number of nitrogens with one attached hydrogen (secondary N) is 1. The molecule has 2 aromatic heterocycles. The van der Waals surface area contributed by atoms with Crippen molar-refractivity contribution < 1.29 is 4.79 Å². The number of benzene rings is 1. The molecule has 1 atom stereocenters. The maximum absolute atomic E-state index is 12.8. The smallest absolute Gasteiger partial charge is 0.258 e. The van der Waals surface area contributed by atoms with Gasteiger partial charge in [0.25, 0.3) is 5.56 Å². The van der Waals surface area contributed by atoms with Crippen LogP contribution < -0.4 is 5.56 Å². The van der Waals surface area contributed by atoms with Gasteiger partial charge in [0.15, 0.2) is 0 Å². The second-order valence-electron chi connectivity index (χ2n) is 7.09. The number of nitrogens with zero attached hydrogens (tertiary/aromatic N) is 2. The van der Waals surface area contributed by atoms with Crippen LogP contribution in [-0.2, 0) is 4.79 Å². The minimum atomic E-state index is -0.184. The fraction of sp³-hybridized carbons (Fsp3) is 0.286. The van der Waals surface area contributed by atoms with Crippen LogP contribution in [0.15, 0.2) is 40.2 Å². The fourth-order valence-corrected chi connectivity index (χ4v) is 4.67. The molecule has 1 amide bonds. The summed E-state index contributed by atoms with van der Waals surface area (Å²) in [5, 5.41) is 7.10. The molecule has 1 aliphatic rings. The summed E-state index contributed by atoms with van der Waals surface area (Å²) in [6.07, 6.45) is 0.529. The van der Waals surface area contributed by atoms with Crippen molar-refractivity contribution in [2.45, 2.75) is 40.2 Å². The molecule has 4 rings (SSSR count). The third-order valence-electron chi connectivity index (χ3n) is 5.07. The van der Waals surface area contributed by atoms with Gasteiger partial charge >= 0.3 is 0 Å². The standard InChI is InChI=1S/C21H21N3O2S/c1-11-5-7-15(8-6-11)18-10-17(23-24(18)14(4)25)19-13(3)16-9-12(2)27-21(16)22-20(19)26/h5-9,18H,10H2,1-4H3,(H,22,26). The van der Waals surface area contributed by atoms with E-state index in [2.05, 4.69) is 16.2 Å². The van der Waals surface area contributed by atoms with Crippen molar-refractivity contribution >= 4 is 33.2 Å². The van der Waals surface area contributed by atoms with Crippen molar-refractivity contribution in [2.75, 3.05) is 0 Å². The molecule has 5 nitrogen and oxygen atoms in total. The average molecular weight is 379 g/mol. The van der Waals surface area contributed by atoms with E-state index in [0.29, 0.717) is 17.7 Å². The van der Waals surface area contributed by atoms with Crippen molar-refractivity contribution in [1.29, 1.82) is 0 Å². The van der Waals surface area contributed by atoms with Gasteiger partial charge in [0.1, 0.15) is 4.83 Å². The highest BCUT2D eigenvalue weighted by atomic mass is 32.1. The van der Waals surface area contributed by atoms with Crippen molar-refractivity contribution in [3.05, 3.63) is 67.8 Å². The number of hydrogen-bond donors (Lipinski definition) is 1. The maximum Gasteiger partial charge on any atom is 0.258 e. The summed E-state index contributed by atoms with van der Waals surface area (Å²) in [7, 11) is 0. The highest BCUT2D eigenvalue weighted by Crippen LogP contribution is 2.34. The molecule has 27 heavy (non-hydrogen) atoms. The van der Waals surface area contributed by atoms with Gasteiger partial charge < -0.3 is 4.98 Å². The van der Waals surface area contributed by atoms with E-state index < -0.39 is 0 Å². The van der Waals surface area contributed by atoms with E-state index >= 15 is 0 Å². The number of carbonyl (C=O) groups is 1. The first-order valence-electron chi connectivity index (χ1n) is 8.92. The number of fused-ring (bicyclic) bond motifs is 1. The molecule has 0 fully saturated rings. The summed E-state index contributed by atoms with van der Waals surface area (Å²) in [5.41, 5.74) is 4.22. The van der Waals surface area contributed by atoms with Gasteiger partial charge in [-0.25, -0.2) is 5.01 Å². The van der Waals surface area contributed by atoms with Gasteiger partial charge in [-0.3, -0.25) is 9.59 Å². The Morgan fingerprint density at radius 3 is 2.59 bits per heavy atom. The molecule has 0 spiro atoms. The van der Waals surface area contributed by atoms with Crippen LogP contribution in [0.3, 0.4) is 0 Å². The van der Waals surface area contributed by atoms with Crippen LogP contribution >= 0.6 is 11.3 Å². The van der Waals surface area contributed by atoms with Gasteiger partial charge in [0.05, 0.1) is 17.3 Å². The Bertz CT molecular complexity index is 1140. The third kappa shape index (κ3) is 3.00. The highest BCUT2D eigenvalue weighted by Gasteiger charge is 2.33. The number of H-pyrrole nitrogens is 1. The number of hydrogen-bond acceptors (Lipinski definition) is 4. The molecule has 0 bridgehead atoms. The predicted octanol–water partition coefficient (Wildman–Crippen LogP) is 4.21. The summed E-state index contributed by atoms with van der Waals surface area (Å²) in [6.45, 7) is 7.53. The van der Waals surface area contributed by atoms with Gasteiger partial charge in [-0.15, -0.1) is 11.3 Å². The molecule has 1 N–H and O–H groups in total. The van der Waals surface area contributed by atoms with Gasteiger partial charge in [-0.05, 0) is 38.0 Å². The Morgan fingerprint density at radius 2 is 1.93 bits per heavy atom. The summed E-state index contributed by atoms with van der Waals surface area (Å²) in [5.74, 6) is -0.128. The lowest BCUT2D eigenvalue weighted by molar-refractivity contribution is -0.130. The molecular formula is C21H21N3O2S. The Labute approximate surface area is 161 Å². The minimum Gasteiger partial charge on any atom is -0.313 e. The third-order valence-corrected chi connectivity index (χ3v) is 6.04. The number of aromatic amines is 1. The molecule has 1 aromatic carbocycles. The second-order valence-corrected chi connectivity index (χ2v) is 8.35. The number of thiophene rings is 1. The molecule has 1 unspecified atom stereocenters. The quantitative estimate of drug-likeness (QED) is 0.725. The molecular weight excluding hydrogens is 358 g/mol. The Hall–Kier alpha value is -2.73. The van der Waals surface area contributed by atoms with Crippen LogP contribution in [0.2, 0.25) is 0 Å². The molecule has 6 heteroatoms. The maximum atomic E-state index is 12.8. The largest absolute Gasteiger partial charge is 0.313 e. The van der Waals surface area contributed by atoms with Crippen molar-refractivity contribution in [3.63, 3.8) is 0 Å². The zero-order valence-electron chi connectivity index (χ0n) is 15.8. The van der Waals surface area contributed by atoms with Crippen LogP contribution in [0.25, 0.3) is 10.2 Å². The lowest BCUT2D eigenvalue weighted by atomic mass is 9.95. The van der Waals surface area contributed by atoms with Crippen LogP contribution in [0.4, 0.5) is 0 Å². The van der Waals surface area contributed by atoms with Crippen LogP contribution in [0, 0.1) is 20.8 Å². The average Bonchev–Trinajstić information content (AvgIpc) is 3.19. The van der Waals surface area contributed by atoms with Gasteiger partial charge in [-0.2, -0.15) is 5.10 Å². The molecule has 1 aliphatic heterocycles. The summed E-state index contributed by atoms with van der Waals surface area (Å²) >= 11 is 1.58. The molecule has 138 valence electrons. The Kier molecular flexibility index (Phi) is 4.23. The van der Waals surface area contributed by atoms with Crippen molar-refractivity contribution in [1.82, 2.24) is 9.99 Å². The number of carbonyl (C=O) groups excluding carboxylic acids is 1. The number of hydrazone groups is 1. The van der Waals surface area contributed by atoms with Gasteiger partial charge in [-0.1, -0.05) is 29.8 Å². The number of pyridine rings is 1. The first-order chi connectivity index (χ1) is 12.8. The molecule has 3 aromatic rings. The van der Waals surface area contributed by atoms with Crippen LogP contribution in [0.5, 0.6) is 0 Å². The first kappa shape index (κ1) is 17.7. The van der Waals surface area contributed by atoms with E-state index in [9.17, 15) is 9.59 Å². The number of amides is 1. The number of aromatic nitrogens is 1. The molecule has 0 aliphatic carbocycles. The van der Waals surface area contributed by atoms with E-state index in [-0.39, 0.29) is 17.5 Å². The fourth-order valence-electron chi connectivity index (χ4n) is 3.70. The Balaban J connectivity index is 1.81. The van der Waals surface area contributed by atoms with Gasteiger partial charge in [0, 0.05) is 23.6 Å². The molecule has 0 radical (unpaired) electrons. The minimum absolute atomic E-state index is 0.128. The topological polar surface area (TPSA) is 65.5 Å². The predicted molar refractivity (Wildman–Crippen MR) is 110 cm³/mol. The van der Waals surface area contributed by atoms with Crippen molar-refractivity contribution in [2.24, 2.45) is 5.10 Å². The lowest BCUT2D eigenvalue weighted by Crippen LogP contribution is -2.24. The number of rotatable bonds is 2. The normalized spacial score (nSPS) is 16.8. The molecule has 0 saturated carbocycles. The monoisotopic (exact) mass is 379 g/mol. The lowest BCUT2D eigenvalue weighted by Gasteiger charge is -2.20. The molecule has 3 heterocycles.